The molecule has 0 aliphatic carbocycles. The van der Waals surface area contributed by atoms with E-state index in [1.165, 1.54) is 17.0 Å². The predicted molar refractivity (Wildman–Crippen MR) is 79.8 cm³/mol. The first-order valence-electron chi connectivity index (χ1n) is 6.55. The van der Waals surface area contributed by atoms with Crippen LogP contribution < -0.4 is 0 Å². The molecule has 0 N–H and O–H groups in total. The maximum atomic E-state index is 13.9. The van der Waals surface area contributed by atoms with Crippen LogP contribution in [0.1, 0.15) is 29.9 Å². The van der Waals surface area contributed by atoms with Gasteiger partial charge in [-0.05, 0) is 43.5 Å². The van der Waals surface area contributed by atoms with Crippen molar-refractivity contribution in [3.8, 4) is 6.07 Å². The minimum Gasteiger partial charge on any atom is -0.292 e. The molecule has 0 fully saturated rings. The third kappa shape index (κ3) is 3.66. The molecule has 1 heterocycles. The van der Waals surface area contributed by atoms with E-state index in [9.17, 15) is 4.39 Å². The van der Waals surface area contributed by atoms with Gasteiger partial charge in [-0.2, -0.15) is 5.26 Å². The van der Waals surface area contributed by atoms with Crippen molar-refractivity contribution in [3.05, 3.63) is 57.5 Å². The Hall–Kier alpha value is -1.70. The zero-order chi connectivity index (χ0) is 14.5. The van der Waals surface area contributed by atoms with Crippen molar-refractivity contribution in [1.29, 1.82) is 5.26 Å². The molecule has 2 aromatic rings. The maximum Gasteiger partial charge on any atom is 0.127 e. The number of hydrogen-bond donors (Lipinski definition) is 0. The minimum atomic E-state index is -0.249. The van der Waals surface area contributed by atoms with Gasteiger partial charge in [-0.3, -0.25) is 4.90 Å². The van der Waals surface area contributed by atoms with Crippen LogP contribution in [0.2, 0.25) is 0 Å². The Kier molecular flexibility index (Phi) is 4.89. The van der Waals surface area contributed by atoms with Crippen LogP contribution in [-0.4, -0.2) is 10.9 Å². The summed E-state index contributed by atoms with van der Waals surface area (Å²) in [7, 11) is 0. The topological polar surface area (TPSA) is 27.0 Å². The number of halogens is 1. The summed E-state index contributed by atoms with van der Waals surface area (Å²) in [6, 6.07) is 11.0. The molecule has 0 bridgehead atoms. The summed E-state index contributed by atoms with van der Waals surface area (Å²) in [4.78, 5) is 3.46. The normalized spacial score (nSPS) is 11.0. The molecule has 2 nitrogen and oxygen atoms in total. The van der Waals surface area contributed by atoms with Crippen molar-refractivity contribution < 1.29 is 4.39 Å². The summed E-state index contributed by atoms with van der Waals surface area (Å²) < 4.78 is 13.9. The number of rotatable bonds is 5. The van der Waals surface area contributed by atoms with Crippen LogP contribution in [0.3, 0.4) is 0 Å². The highest BCUT2D eigenvalue weighted by Crippen LogP contribution is 2.19. The molecule has 0 radical (unpaired) electrons. The van der Waals surface area contributed by atoms with Crippen LogP contribution in [0.25, 0.3) is 0 Å². The van der Waals surface area contributed by atoms with Crippen LogP contribution in [0, 0.1) is 17.1 Å². The van der Waals surface area contributed by atoms with Crippen LogP contribution in [0.15, 0.2) is 35.7 Å². The van der Waals surface area contributed by atoms with Crippen molar-refractivity contribution in [2.45, 2.75) is 33.0 Å². The molecule has 0 amide bonds. The average molecular weight is 288 g/mol. The zero-order valence-corrected chi connectivity index (χ0v) is 12.5. The SMILES string of the molecule is CC(C)N(Cc1cccs1)Cc1cc(C#N)ccc1F. The number of thiophene rings is 1. The van der Waals surface area contributed by atoms with E-state index in [0.717, 1.165) is 6.54 Å². The van der Waals surface area contributed by atoms with Gasteiger partial charge in [0.2, 0.25) is 0 Å². The Bertz CT molecular complexity index is 599. The van der Waals surface area contributed by atoms with E-state index in [0.29, 0.717) is 23.7 Å². The van der Waals surface area contributed by atoms with E-state index in [2.05, 4.69) is 30.9 Å². The third-order valence-corrected chi connectivity index (χ3v) is 4.08. The Morgan fingerprint density at radius 1 is 1.30 bits per heavy atom. The molecular weight excluding hydrogens is 271 g/mol. The molecule has 4 heteroatoms. The maximum absolute atomic E-state index is 13.9. The molecule has 2 rings (SSSR count). The molecule has 0 saturated carbocycles. The van der Waals surface area contributed by atoms with Gasteiger partial charge in [0.25, 0.3) is 0 Å². The standard InChI is InChI=1S/C16H17FN2S/c1-12(2)19(11-15-4-3-7-20-15)10-14-8-13(9-18)5-6-16(14)17/h3-8,12H,10-11H2,1-2H3. The number of nitrogens with zero attached hydrogens (tertiary/aromatic N) is 2. The first-order valence-corrected chi connectivity index (χ1v) is 7.43. The molecule has 1 aromatic heterocycles. The van der Waals surface area contributed by atoms with E-state index in [-0.39, 0.29) is 5.82 Å². The second-order valence-corrected chi connectivity index (χ2v) is 6.03. The summed E-state index contributed by atoms with van der Waals surface area (Å²) >= 11 is 1.70. The molecule has 0 atom stereocenters. The van der Waals surface area contributed by atoms with E-state index in [1.54, 1.807) is 17.4 Å². The fraction of sp³-hybridized carbons (Fsp3) is 0.312. The monoisotopic (exact) mass is 288 g/mol. The lowest BCUT2D eigenvalue weighted by molar-refractivity contribution is 0.203. The summed E-state index contributed by atoms with van der Waals surface area (Å²) in [6.45, 7) is 5.50. The van der Waals surface area contributed by atoms with Crippen molar-refractivity contribution in [2.24, 2.45) is 0 Å². The predicted octanol–water partition coefficient (Wildman–Crippen LogP) is 4.17. The fourth-order valence-corrected chi connectivity index (χ4v) is 2.74. The summed E-state index contributed by atoms with van der Waals surface area (Å²) in [5.41, 5.74) is 1.08. The van der Waals surface area contributed by atoms with Gasteiger partial charge in [0.05, 0.1) is 11.6 Å². The highest BCUT2D eigenvalue weighted by molar-refractivity contribution is 7.09. The van der Waals surface area contributed by atoms with Crippen LogP contribution in [0.5, 0.6) is 0 Å². The molecule has 104 valence electrons. The van der Waals surface area contributed by atoms with Gasteiger partial charge in [-0.15, -0.1) is 11.3 Å². The van der Waals surface area contributed by atoms with Crippen LogP contribution in [-0.2, 0) is 13.1 Å². The van der Waals surface area contributed by atoms with E-state index >= 15 is 0 Å². The van der Waals surface area contributed by atoms with Gasteiger partial charge in [0.1, 0.15) is 5.82 Å². The summed E-state index contributed by atoms with van der Waals surface area (Å²) in [5.74, 6) is -0.249. The molecule has 0 aliphatic heterocycles. The quantitative estimate of drug-likeness (QED) is 0.825. The highest BCUT2D eigenvalue weighted by atomic mass is 32.1. The zero-order valence-electron chi connectivity index (χ0n) is 11.6. The second-order valence-electron chi connectivity index (χ2n) is 5.00. The molecule has 0 aliphatic rings. The number of hydrogen-bond acceptors (Lipinski definition) is 3. The van der Waals surface area contributed by atoms with Crippen molar-refractivity contribution in [2.75, 3.05) is 0 Å². The van der Waals surface area contributed by atoms with E-state index in [1.807, 2.05) is 11.4 Å². The molecule has 0 saturated heterocycles. The minimum absolute atomic E-state index is 0.249. The number of benzene rings is 1. The van der Waals surface area contributed by atoms with E-state index in [4.69, 9.17) is 5.26 Å². The largest absolute Gasteiger partial charge is 0.292 e. The van der Waals surface area contributed by atoms with Gasteiger partial charge in [-0.1, -0.05) is 6.07 Å². The lowest BCUT2D eigenvalue weighted by Crippen LogP contribution is -2.29. The van der Waals surface area contributed by atoms with Gasteiger partial charge in [-0.25, -0.2) is 4.39 Å². The lowest BCUT2D eigenvalue weighted by Gasteiger charge is -2.26. The molecule has 0 spiro atoms. The smallest absolute Gasteiger partial charge is 0.127 e. The van der Waals surface area contributed by atoms with Gasteiger partial charge < -0.3 is 0 Å². The molecule has 20 heavy (non-hydrogen) atoms. The van der Waals surface area contributed by atoms with Gasteiger partial charge in [0, 0.05) is 29.6 Å². The van der Waals surface area contributed by atoms with Gasteiger partial charge in [0.15, 0.2) is 0 Å². The molecule has 1 aromatic carbocycles. The third-order valence-electron chi connectivity index (χ3n) is 3.22. The molecule has 0 unspecified atom stereocenters. The number of nitriles is 1. The van der Waals surface area contributed by atoms with Crippen molar-refractivity contribution in [3.63, 3.8) is 0 Å². The average Bonchev–Trinajstić information content (AvgIpc) is 2.93. The van der Waals surface area contributed by atoms with Crippen molar-refractivity contribution in [1.82, 2.24) is 4.90 Å². The Morgan fingerprint density at radius 3 is 2.70 bits per heavy atom. The van der Waals surface area contributed by atoms with E-state index < -0.39 is 0 Å². The Labute approximate surface area is 123 Å². The Morgan fingerprint density at radius 2 is 2.10 bits per heavy atom. The van der Waals surface area contributed by atoms with Crippen molar-refractivity contribution >= 4 is 11.3 Å². The Balaban J connectivity index is 2.18. The molecular formula is C16H17FN2S. The van der Waals surface area contributed by atoms with Gasteiger partial charge >= 0.3 is 0 Å². The highest BCUT2D eigenvalue weighted by Gasteiger charge is 2.14. The first kappa shape index (κ1) is 14.7. The lowest BCUT2D eigenvalue weighted by atomic mass is 10.1. The van der Waals surface area contributed by atoms with Crippen LogP contribution >= 0.6 is 11.3 Å². The second kappa shape index (κ2) is 6.65. The fourth-order valence-electron chi connectivity index (χ4n) is 2.01. The first-order chi connectivity index (χ1) is 9.60. The summed E-state index contributed by atoms with van der Waals surface area (Å²) in [6.07, 6.45) is 0. The summed E-state index contributed by atoms with van der Waals surface area (Å²) in [5, 5.41) is 11.0. The van der Waals surface area contributed by atoms with Crippen LogP contribution in [0.4, 0.5) is 4.39 Å².